The van der Waals surface area contributed by atoms with Gasteiger partial charge < -0.3 is 14.4 Å². The topological polar surface area (TPSA) is 59.8 Å². The number of halogens is 3. The number of anilines is 1. The van der Waals surface area contributed by atoms with Gasteiger partial charge in [0.05, 0.1) is 31.1 Å². The quantitative estimate of drug-likeness (QED) is 0.760. The first-order valence-electron chi connectivity index (χ1n) is 9.93. The number of hydrogen-bond donors (Lipinski definition) is 0. The van der Waals surface area contributed by atoms with Crippen molar-refractivity contribution in [2.45, 2.75) is 44.2 Å². The van der Waals surface area contributed by atoms with Crippen LogP contribution in [0.15, 0.2) is 35.6 Å². The molecular weight excluding hydrogens is 397 g/mol. The summed E-state index contributed by atoms with van der Waals surface area (Å²) in [5.74, 6) is 1.23. The van der Waals surface area contributed by atoms with E-state index in [4.69, 9.17) is 9.47 Å². The van der Waals surface area contributed by atoms with Crippen LogP contribution in [0.25, 0.3) is 0 Å². The standard InChI is InChI=1S/C21H21F3N4O2/c1-20(4-5-20)30-14-3-2-13-10-25-19(15(13)8-14)16-9-18(27-12-26-16)28-6-7-29-17(11-28)21(22,23)24/h2-3,8-9,12,17H,4-7,10-11H2,1H3. The molecule has 1 aromatic carbocycles. The lowest BCUT2D eigenvalue weighted by atomic mass is 10.0. The summed E-state index contributed by atoms with van der Waals surface area (Å²) in [6, 6.07) is 7.63. The van der Waals surface area contributed by atoms with Gasteiger partial charge in [-0.05, 0) is 37.5 Å². The van der Waals surface area contributed by atoms with Gasteiger partial charge in [-0.2, -0.15) is 13.2 Å². The second kappa shape index (κ2) is 6.94. The molecule has 0 bridgehead atoms. The van der Waals surface area contributed by atoms with Gasteiger partial charge >= 0.3 is 6.18 Å². The molecule has 2 fully saturated rings. The van der Waals surface area contributed by atoms with Gasteiger partial charge in [-0.3, -0.25) is 4.99 Å². The van der Waals surface area contributed by atoms with Gasteiger partial charge in [0, 0.05) is 18.2 Å². The Morgan fingerprint density at radius 1 is 1.20 bits per heavy atom. The largest absolute Gasteiger partial charge is 0.488 e. The highest BCUT2D eigenvalue weighted by atomic mass is 19.4. The van der Waals surface area contributed by atoms with Crippen molar-refractivity contribution >= 4 is 11.5 Å². The molecule has 6 nitrogen and oxygen atoms in total. The molecule has 1 unspecified atom stereocenters. The Labute approximate surface area is 171 Å². The molecule has 1 aromatic heterocycles. The number of ether oxygens (including phenoxy) is 2. The Balaban J connectivity index is 1.40. The number of benzene rings is 1. The SMILES string of the molecule is CC1(Oc2ccc3c(c2)C(c2cc(N4CCOC(C(F)(F)F)C4)ncn2)=NC3)CC1. The highest BCUT2D eigenvalue weighted by Crippen LogP contribution is 2.40. The van der Waals surface area contributed by atoms with Crippen LogP contribution in [-0.4, -0.2) is 53.3 Å². The van der Waals surface area contributed by atoms with Crippen LogP contribution >= 0.6 is 0 Å². The fraction of sp³-hybridized carbons (Fsp3) is 0.476. The molecule has 1 saturated carbocycles. The molecule has 158 valence electrons. The first kappa shape index (κ1) is 19.3. The zero-order chi connectivity index (χ0) is 20.9. The summed E-state index contributed by atoms with van der Waals surface area (Å²) >= 11 is 0. The van der Waals surface area contributed by atoms with Crippen molar-refractivity contribution in [2.75, 3.05) is 24.6 Å². The molecule has 3 heterocycles. The van der Waals surface area contributed by atoms with Crippen molar-refractivity contribution in [1.82, 2.24) is 9.97 Å². The molecule has 5 rings (SSSR count). The smallest absolute Gasteiger partial charge is 0.416 e. The van der Waals surface area contributed by atoms with Gasteiger partial charge in [0.1, 0.15) is 23.5 Å². The maximum atomic E-state index is 13.1. The Hall–Kier alpha value is -2.68. The molecule has 1 aliphatic carbocycles. The van der Waals surface area contributed by atoms with Crippen molar-refractivity contribution in [3.05, 3.63) is 47.4 Å². The fourth-order valence-electron chi connectivity index (χ4n) is 3.71. The van der Waals surface area contributed by atoms with Gasteiger partial charge in [-0.15, -0.1) is 0 Å². The van der Waals surface area contributed by atoms with E-state index in [0.29, 0.717) is 30.3 Å². The van der Waals surface area contributed by atoms with E-state index in [2.05, 4.69) is 21.9 Å². The number of aromatic nitrogens is 2. The van der Waals surface area contributed by atoms with Crippen LogP contribution in [0.1, 0.15) is 36.6 Å². The first-order chi connectivity index (χ1) is 14.3. The molecule has 2 aromatic rings. The van der Waals surface area contributed by atoms with Crippen LogP contribution in [0, 0.1) is 0 Å². The van der Waals surface area contributed by atoms with Crippen molar-refractivity contribution in [1.29, 1.82) is 0 Å². The van der Waals surface area contributed by atoms with Crippen molar-refractivity contribution in [3.8, 4) is 5.75 Å². The Morgan fingerprint density at radius 3 is 2.80 bits per heavy atom. The molecule has 0 radical (unpaired) electrons. The summed E-state index contributed by atoms with van der Waals surface area (Å²) in [5, 5.41) is 0. The molecule has 0 amide bonds. The highest BCUT2D eigenvalue weighted by Gasteiger charge is 2.44. The number of rotatable bonds is 4. The normalized spacial score (nSPS) is 22.5. The number of hydrogen-bond acceptors (Lipinski definition) is 6. The summed E-state index contributed by atoms with van der Waals surface area (Å²) in [7, 11) is 0. The number of nitrogens with zero attached hydrogens (tertiary/aromatic N) is 4. The van der Waals surface area contributed by atoms with Gasteiger partial charge in [0.15, 0.2) is 6.10 Å². The molecule has 0 spiro atoms. The van der Waals surface area contributed by atoms with E-state index >= 15 is 0 Å². The molecule has 2 aliphatic heterocycles. The lowest BCUT2D eigenvalue weighted by Crippen LogP contribution is -2.49. The van der Waals surface area contributed by atoms with Gasteiger partial charge in [0.2, 0.25) is 0 Å². The van der Waals surface area contributed by atoms with Crippen LogP contribution in [0.3, 0.4) is 0 Å². The van der Waals surface area contributed by atoms with E-state index in [1.807, 2.05) is 18.2 Å². The van der Waals surface area contributed by atoms with Crippen molar-refractivity contribution in [3.63, 3.8) is 0 Å². The molecule has 1 atom stereocenters. The summed E-state index contributed by atoms with van der Waals surface area (Å²) in [5.41, 5.74) is 3.22. The van der Waals surface area contributed by atoms with E-state index < -0.39 is 12.3 Å². The summed E-state index contributed by atoms with van der Waals surface area (Å²) in [6.45, 7) is 2.66. The third kappa shape index (κ3) is 3.74. The average Bonchev–Trinajstić information content (AvgIpc) is 3.30. The Kier molecular flexibility index (Phi) is 4.46. The molecule has 0 N–H and O–H groups in total. The highest BCUT2D eigenvalue weighted by molar-refractivity contribution is 6.14. The minimum Gasteiger partial charge on any atom is -0.488 e. The lowest BCUT2D eigenvalue weighted by Gasteiger charge is -2.34. The third-order valence-corrected chi connectivity index (χ3v) is 5.71. The minimum atomic E-state index is -4.41. The first-order valence-corrected chi connectivity index (χ1v) is 9.93. The van der Waals surface area contributed by atoms with Crippen LogP contribution in [0.2, 0.25) is 0 Å². The summed E-state index contributed by atoms with van der Waals surface area (Å²) in [6.07, 6.45) is -2.78. The molecule has 3 aliphatic rings. The number of aliphatic imine (C=N–C) groups is 1. The second-order valence-corrected chi connectivity index (χ2v) is 8.14. The maximum Gasteiger partial charge on any atom is 0.416 e. The molecule has 1 saturated heterocycles. The van der Waals surface area contributed by atoms with Crippen molar-refractivity contribution < 1.29 is 22.6 Å². The zero-order valence-electron chi connectivity index (χ0n) is 16.4. The van der Waals surface area contributed by atoms with Crippen LogP contribution in [-0.2, 0) is 11.3 Å². The average molecular weight is 418 g/mol. The molecule has 9 heteroatoms. The number of morpholine rings is 1. The monoisotopic (exact) mass is 418 g/mol. The van der Waals surface area contributed by atoms with Crippen LogP contribution in [0.5, 0.6) is 5.75 Å². The van der Waals surface area contributed by atoms with Gasteiger partial charge in [-0.1, -0.05) is 6.07 Å². The predicted molar refractivity (Wildman–Crippen MR) is 104 cm³/mol. The third-order valence-electron chi connectivity index (χ3n) is 5.71. The zero-order valence-corrected chi connectivity index (χ0v) is 16.4. The number of fused-ring (bicyclic) bond motifs is 1. The summed E-state index contributed by atoms with van der Waals surface area (Å²) in [4.78, 5) is 14.7. The predicted octanol–water partition coefficient (Wildman–Crippen LogP) is 3.53. The lowest BCUT2D eigenvalue weighted by molar-refractivity contribution is -0.221. The van der Waals surface area contributed by atoms with E-state index in [1.165, 1.54) is 6.33 Å². The summed E-state index contributed by atoms with van der Waals surface area (Å²) < 4.78 is 50.1. The molecule has 30 heavy (non-hydrogen) atoms. The van der Waals surface area contributed by atoms with Gasteiger partial charge in [0.25, 0.3) is 0 Å². The van der Waals surface area contributed by atoms with E-state index in [1.54, 1.807) is 11.0 Å². The maximum absolute atomic E-state index is 13.1. The Morgan fingerprint density at radius 2 is 2.03 bits per heavy atom. The molecular formula is C21H21F3N4O2. The van der Waals surface area contributed by atoms with E-state index in [-0.39, 0.29) is 18.8 Å². The van der Waals surface area contributed by atoms with E-state index in [9.17, 15) is 13.2 Å². The van der Waals surface area contributed by atoms with E-state index in [0.717, 1.165) is 29.7 Å². The van der Waals surface area contributed by atoms with Crippen molar-refractivity contribution in [2.24, 2.45) is 4.99 Å². The second-order valence-electron chi connectivity index (χ2n) is 8.14. The fourth-order valence-corrected chi connectivity index (χ4v) is 3.71. The minimum absolute atomic E-state index is 0.00718. The van der Waals surface area contributed by atoms with Gasteiger partial charge in [-0.25, -0.2) is 9.97 Å². The van der Waals surface area contributed by atoms with Crippen LogP contribution < -0.4 is 9.64 Å². The van der Waals surface area contributed by atoms with Crippen LogP contribution in [0.4, 0.5) is 19.0 Å². The number of alkyl halides is 3. The Bertz CT molecular complexity index is 1000.